The quantitative estimate of drug-likeness (QED) is 0.270. The molecule has 1 aromatic carbocycles. The van der Waals surface area contributed by atoms with Gasteiger partial charge in [0.15, 0.2) is 6.29 Å². The van der Waals surface area contributed by atoms with Crippen LogP contribution in [0, 0.1) is 6.92 Å². The molecular weight excluding hydrogens is 475 g/mol. The lowest BCUT2D eigenvalue weighted by molar-refractivity contribution is -0.289. The maximum atomic E-state index is 10.3. The fourth-order valence-electron chi connectivity index (χ4n) is 3.35. The van der Waals surface area contributed by atoms with Gasteiger partial charge in [-0.3, -0.25) is 0 Å². The molecule has 32 heavy (non-hydrogen) atoms. The standard InChI is InChI=1S/C19H26Cl2O11/c1-7-11(20)8(28-2)3-9(12(7)21)31-17-15(25)14(24)13(23)10(32-17)4-29-18-16(26)19(27,5-22)6-30-18/h3,10,13-18,22-27H,4-6H2,1-2H3/t10-,13-,14+,15-,16+,17+,18+,19+/m1/s1. The Morgan fingerprint density at radius 1 is 1.06 bits per heavy atom. The summed E-state index contributed by atoms with van der Waals surface area (Å²) in [5.74, 6) is 0.318. The van der Waals surface area contributed by atoms with Crippen LogP contribution >= 0.6 is 23.2 Å². The van der Waals surface area contributed by atoms with E-state index >= 15 is 0 Å². The van der Waals surface area contributed by atoms with Gasteiger partial charge in [0, 0.05) is 6.07 Å². The summed E-state index contributed by atoms with van der Waals surface area (Å²) < 4.78 is 26.9. The predicted molar refractivity (Wildman–Crippen MR) is 109 cm³/mol. The molecule has 8 atom stereocenters. The average Bonchev–Trinajstić information content (AvgIpc) is 3.07. The Morgan fingerprint density at radius 3 is 2.31 bits per heavy atom. The number of ether oxygens (including phenoxy) is 5. The molecule has 0 aromatic heterocycles. The van der Waals surface area contributed by atoms with E-state index in [-0.39, 0.29) is 28.2 Å². The molecule has 0 amide bonds. The first-order valence-corrected chi connectivity index (χ1v) is 10.4. The van der Waals surface area contributed by atoms with Crippen molar-refractivity contribution in [2.75, 3.05) is 26.9 Å². The van der Waals surface area contributed by atoms with Gasteiger partial charge in [0.25, 0.3) is 0 Å². The van der Waals surface area contributed by atoms with E-state index in [0.29, 0.717) is 5.56 Å². The lowest BCUT2D eigenvalue weighted by Gasteiger charge is -2.40. The third-order valence-electron chi connectivity index (χ3n) is 5.49. The van der Waals surface area contributed by atoms with Crippen LogP contribution in [0.15, 0.2) is 6.07 Å². The molecule has 2 aliphatic rings. The first kappa shape index (κ1) is 25.7. The maximum absolute atomic E-state index is 10.3. The number of aliphatic hydroxyl groups excluding tert-OH is 5. The number of benzene rings is 1. The molecule has 0 radical (unpaired) electrons. The number of rotatable bonds is 7. The molecule has 11 nitrogen and oxygen atoms in total. The van der Waals surface area contributed by atoms with E-state index in [1.54, 1.807) is 6.92 Å². The molecule has 0 aliphatic carbocycles. The van der Waals surface area contributed by atoms with Crippen molar-refractivity contribution in [2.24, 2.45) is 0 Å². The Bertz CT molecular complexity index is 812. The van der Waals surface area contributed by atoms with Gasteiger partial charge in [0.1, 0.15) is 47.6 Å². The molecule has 0 bridgehead atoms. The molecule has 13 heteroatoms. The zero-order valence-corrected chi connectivity index (χ0v) is 18.7. The number of halogens is 2. The first-order valence-electron chi connectivity index (χ1n) is 9.67. The summed E-state index contributed by atoms with van der Waals surface area (Å²) in [6.07, 6.45) is -10.4. The normalized spacial score (nSPS) is 37.5. The average molecular weight is 501 g/mol. The highest BCUT2D eigenvalue weighted by atomic mass is 35.5. The van der Waals surface area contributed by atoms with Gasteiger partial charge in [0.2, 0.25) is 6.29 Å². The van der Waals surface area contributed by atoms with Crippen molar-refractivity contribution in [1.82, 2.24) is 0 Å². The first-order chi connectivity index (χ1) is 15.0. The van der Waals surface area contributed by atoms with Crippen molar-refractivity contribution in [3.05, 3.63) is 21.7 Å². The Hall–Kier alpha value is -0.960. The summed E-state index contributed by atoms with van der Waals surface area (Å²) in [7, 11) is 1.40. The Labute approximate surface area is 193 Å². The molecule has 0 unspecified atom stereocenters. The molecule has 2 fully saturated rings. The van der Waals surface area contributed by atoms with Crippen molar-refractivity contribution in [2.45, 2.75) is 55.6 Å². The van der Waals surface area contributed by atoms with E-state index in [2.05, 4.69) is 0 Å². The van der Waals surface area contributed by atoms with Crippen LogP contribution in [0.2, 0.25) is 10.0 Å². The number of aliphatic hydroxyl groups is 6. The highest BCUT2D eigenvalue weighted by Crippen LogP contribution is 2.41. The second kappa shape index (κ2) is 10.1. The Kier molecular flexibility index (Phi) is 8.11. The van der Waals surface area contributed by atoms with Crippen LogP contribution in [0.25, 0.3) is 0 Å². The Balaban J connectivity index is 1.72. The summed E-state index contributed by atoms with van der Waals surface area (Å²) >= 11 is 12.4. The van der Waals surface area contributed by atoms with E-state index in [4.69, 9.17) is 46.9 Å². The molecule has 0 spiro atoms. The topological polar surface area (TPSA) is 168 Å². The molecule has 2 saturated heterocycles. The lowest BCUT2D eigenvalue weighted by Crippen LogP contribution is -2.60. The second-order valence-electron chi connectivity index (χ2n) is 7.68. The minimum Gasteiger partial charge on any atom is -0.495 e. The lowest BCUT2D eigenvalue weighted by atomic mass is 9.99. The van der Waals surface area contributed by atoms with Crippen LogP contribution < -0.4 is 9.47 Å². The van der Waals surface area contributed by atoms with Crippen molar-refractivity contribution >= 4 is 23.2 Å². The van der Waals surface area contributed by atoms with Crippen molar-refractivity contribution < 1.29 is 54.3 Å². The molecule has 2 heterocycles. The highest BCUT2D eigenvalue weighted by Gasteiger charge is 2.50. The van der Waals surface area contributed by atoms with Crippen LogP contribution in [0.4, 0.5) is 0 Å². The van der Waals surface area contributed by atoms with Crippen LogP contribution in [-0.4, -0.2) is 106 Å². The van der Waals surface area contributed by atoms with Gasteiger partial charge in [-0.15, -0.1) is 0 Å². The molecule has 0 saturated carbocycles. The number of hydrogen-bond acceptors (Lipinski definition) is 11. The highest BCUT2D eigenvalue weighted by molar-refractivity contribution is 6.37. The summed E-state index contributed by atoms with van der Waals surface area (Å²) in [6.45, 7) is 0.105. The largest absolute Gasteiger partial charge is 0.495 e. The van der Waals surface area contributed by atoms with Crippen molar-refractivity contribution in [3.8, 4) is 11.5 Å². The van der Waals surface area contributed by atoms with Gasteiger partial charge >= 0.3 is 0 Å². The fraction of sp³-hybridized carbons (Fsp3) is 0.684. The van der Waals surface area contributed by atoms with Gasteiger partial charge in [-0.2, -0.15) is 0 Å². The van der Waals surface area contributed by atoms with E-state index in [1.807, 2.05) is 0 Å². The third kappa shape index (κ3) is 4.79. The summed E-state index contributed by atoms with van der Waals surface area (Å²) in [5.41, 5.74) is -1.43. The van der Waals surface area contributed by atoms with Gasteiger partial charge in [-0.05, 0) is 12.5 Å². The van der Waals surface area contributed by atoms with Crippen LogP contribution in [-0.2, 0) is 14.2 Å². The second-order valence-corrected chi connectivity index (χ2v) is 8.44. The summed E-state index contributed by atoms with van der Waals surface area (Å²) in [4.78, 5) is 0. The monoisotopic (exact) mass is 500 g/mol. The fourth-order valence-corrected chi connectivity index (χ4v) is 3.82. The van der Waals surface area contributed by atoms with Gasteiger partial charge in [-0.25, -0.2) is 0 Å². The van der Waals surface area contributed by atoms with Crippen LogP contribution in [0.5, 0.6) is 11.5 Å². The molecular formula is C19H26Cl2O11. The summed E-state index contributed by atoms with van der Waals surface area (Å²) in [6, 6.07) is 1.38. The number of methoxy groups -OCH3 is 1. The van der Waals surface area contributed by atoms with E-state index in [9.17, 15) is 30.6 Å². The molecule has 182 valence electrons. The Morgan fingerprint density at radius 2 is 1.72 bits per heavy atom. The predicted octanol–water partition coefficient (Wildman–Crippen LogP) is -1.05. The minimum absolute atomic E-state index is 0.0558. The van der Waals surface area contributed by atoms with Crippen LogP contribution in [0.3, 0.4) is 0 Å². The zero-order chi connectivity index (χ0) is 23.8. The van der Waals surface area contributed by atoms with E-state index in [0.717, 1.165) is 0 Å². The van der Waals surface area contributed by atoms with Crippen molar-refractivity contribution in [3.63, 3.8) is 0 Å². The van der Waals surface area contributed by atoms with Gasteiger partial charge < -0.3 is 54.3 Å². The molecule has 1 aromatic rings. The smallest absolute Gasteiger partial charge is 0.229 e. The maximum Gasteiger partial charge on any atom is 0.229 e. The van der Waals surface area contributed by atoms with E-state index < -0.39 is 61.9 Å². The molecule has 6 N–H and O–H groups in total. The summed E-state index contributed by atoms with van der Waals surface area (Å²) in [5, 5.41) is 60.5. The molecule has 3 rings (SSSR count). The van der Waals surface area contributed by atoms with Crippen molar-refractivity contribution in [1.29, 1.82) is 0 Å². The van der Waals surface area contributed by atoms with Gasteiger partial charge in [0.05, 0.1) is 37.0 Å². The minimum atomic E-state index is -1.89. The van der Waals surface area contributed by atoms with E-state index in [1.165, 1.54) is 13.2 Å². The van der Waals surface area contributed by atoms with Gasteiger partial charge in [-0.1, -0.05) is 23.2 Å². The zero-order valence-electron chi connectivity index (χ0n) is 17.2. The third-order valence-corrected chi connectivity index (χ3v) is 6.43. The van der Waals surface area contributed by atoms with Crippen LogP contribution in [0.1, 0.15) is 5.56 Å². The number of hydrogen-bond donors (Lipinski definition) is 6. The molecule has 2 aliphatic heterocycles. The SMILES string of the molecule is COc1cc(O[C@H]2O[C@H](CO[C@H]3OC[C@@](O)(CO)[C@H]3O)[C@@H](O)[C@H](O)[C@H]2O)c(Cl)c(C)c1Cl.